The molecule has 4 aromatic rings. The molecule has 1 atom stereocenters. The Morgan fingerprint density at radius 3 is 2.55 bits per heavy atom. The van der Waals surface area contributed by atoms with Crippen LogP contribution in [-0.2, 0) is 9.59 Å². The van der Waals surface area contributed by atoms with Crippen molar-refractivity contribution in [3.63, 3.8) is 0 Å². The molecule has 1 N–H and O–H groups in total. The van der Waals surface area contributed by atoms with Crippen LogP contribution in [0.1, 0.15) is 54.5 Å². The Bertz CT molecular complexity index is 1710. The van der Waals surface area contributed by atoms with Crippen LogP contribution in [0.25, 0.3) is 16.0 Å². The molecular formula is C33H32N2O6S. The maximum atomic E-state index is 13.7. The number of carbonyl (C=O) groups excluding carboxylic acids is 2. The van der Waals surface area contributed by atoms with Gasteiger partial charge in [0.2, 0.25) is 0 Å². The SMILES string of the molecule is CCCCCOc1ccc([C@H]2C(=C(O)c3ccc4c(c3)OCCO4)C(=O)C(=O)N2c2nc3c(C)cc(C)cc3s2)cc1. The molecule has 9 heteroatoms. The van der Waals surface area contributed by atoms with Gasteiger partial charge in [-0.3, -0.25) is 14.5 Å². The van der Waals surface area contributed by atoms with Crippen molar-refractivity contribution in [2.45, 2.75) is 46.1 Å². The normalized spacial score (nSPS) is 17.7. The first-order valence-corrected chi connectivity index (χ1v) is 15.0. The molecule has 3 aromatic carbocycles. The molecule has 216 valence electrons. The number of unbranched alkanes of at least 4 members (excludes halogenated alkanes) is 2. The highest BCUT2D eigenvalue weighted by molar-refractivity contribution is 7.22. The minimum absolute atomic E-state index is 0.0135. The monoisotopic (exact) mass is 584 g/mol. The summed E-state index contributed by atoms with van der Waals surface area (Å²) in [7, 11) is 0. The number of nitrogens with zero attached hydrogens (tertiary/aromatic N) is 2. The molecular weight excluding hydrogens is 552 g/mol. The number of rotatable bonds is 8. The van der Waals surface area contributed by atoms with Crippen LogP contribution in [0.15, 0.2) is 60.2 Å². The van der Waals surface area contributed by atoms with Gasteiger partial charge in [-0.05, 0) is 73.4 Å². The highest BCUT2D eigenvalue weighted by atomic mass is 32.1. The number of hydrogen-bond donors (Lipinski definition) is 1. The number of carbonyl (C=O) groups is 2. The number of fused-ring (bicyclic) bond motifs is 2. The highest BCUT2D eigenvalue weighted by Gasteiger charge is 2.48. The third-order valence-corrected chi connectivity index (χ3v) is 8.50. The number of ether oxygens (including phenoxy) is 3. The van der Waals surface area contributed by atoms with E-state index in [1.807, 2.05) is 50.2 Å². The molecule has 1 fully saturated rings. The number of hydrogen-bond acceptors (Lipinski definition) is 8. The van der Waals surface area contributed by atoms with Gasteiger partial charge >= 0.3 is 5.91 Å². The molecule has 0 saturated carbocycles. The number of aryl methyl sites for hydroxylation is 2. The molecule has 0 radical (unpaired) electrons. The van der Waals surface area contributed by atoms with E-state index >= 15 is 0 Å². The van der Waals surface area contributed by atoms with Crippen LogP contribution >= 0.6 is 11.3 Å². The van der Waals surface area contributed by atoms with E-state index in [0.29, 0.717) is 53.3 Å². The van der Waals surface area contributed by atoms with Crippen LogP contribution in [-0.4, -0.2) is 41.6 Å². The van der Waals surface area contributed by atoms with Crippen LogP contribution < -0.4 is 19.1 Å². The molecule has 8 nitrogen and oxygen atoms in total. The molecule has 0 aliphatic carbocycles. The third-order valence-electron chi connectivity index (χ3n) is 7.50. The molecule has 0 bridgehead atoms. The third kappa shape index (κ3) is 5.09. The highest BCUT2D eigenvalue weighted by Crippen LogP contribution is 2.45. The maximum Gasteiger partial charge on any atom is 0.301 e. The van der Waals surface area contributed by atoms with E-state index < -0.39 is 17.7 Å². The predicted molar refractivity (Wildman–Crippen MR) is 163 cm³/mol. The largest absolute Gasteiger partial charge is 0.507 e. The van der Waals surface area contributed by atoms with Crippen LogP contribution in [0.3, 0.4) is 0 Å². The molecule has 2 aliphatic heterocycles. The molecule has 42 heavy (non-hydrogen) atoms. The number of aromatic nitrogens is 1. The van der Waals surface area contributed by atoms with Gasteiger partial charge in [0.25, 0.3) is 5.78 Å². The van der Waals surface area contributed by atoms with E-state index in [2.05, 4.69) is 6.92 Å². The van der Waals surface area contributed by atoms with Gasteiger partial charge in [-0.1, -0.05) is 49.3 Å². The van der Waals surface area contributed by atoms with Crippen LogP contribution in [0, 0.1) is 13.8 Å². The fourth-order valence-corrected chi connectivity index (χ4v) is 6.61. The van der Waals surface area contributed by atoms with E-state index in [4.69, 9.17) is 19.2 Å². The first-order valence-electron chi connectivity index (χ1n) is 14.2. The second-order valence-electron chi connectivity index (χ2n) is 10.6. The van der Waals surface area contributed by atoms with Crippen LogP contribution in [0.5, 0.6) is 17.2 Å². The molecule has 6 rings (SSSR count). The van der Waals surface area contributed by atoms with Gasteiger partial charge in [-0.2, -0.15) is 0 Å². The molecule has 1 saturated heterocycles. The summed E-state index contributed by atoms with van der Waals surface area (Å²) in [6.07, 6.45) is 3.16. The lowest BCUT2D eigenvalue weighted by atomic mass is 9.95. The Labute approximate surface area is 248 Å². The van der Waals surface area contributed by atoms with Crippen LogP contribution in [0.4, 0.5) is 5.13 Å². The van der Waals surface area contributed by atoms with Crippen molar-refractivity contribution < 1.29 is 28.9 Å². The van der Waals surface area contributed by atoms with Gasteiger partial charge in [0.15, 0.2) is 16.6 Å². The lowest BCUT2D eigenvalue weighted by molar-refractivity contribution is -0.132. The fraction of sp³-hybridized carbons (Fsp3) is 0.303. The maximum absolute atomic E-state index is 13.7. The van der Waals surface area contributed by atoms with Gasteiger partial charge in [-0.25, -0.2) is 4.98 Å². The van der Waals surface area contributed by atoms with E-state index in [9.17, 15) is 14.7 Å². The average molecular weight is 585 g/mol. The summed E-state index contributed by atoms with van der Waals surface area (Å²) in [5.41, 5.74) is 3.85. The van der Waals surface area contributed by atoms with Crippen molar-refractivity contribution in [2.24, 2.45) is 0 Å². The summed E-state index contributed by atoms with van der Waals surface area (Å²) in [6, 6.07) is 15.5. The van der Waals surface area contributed by atoms with E-state index in [-0.39, 0.29) is 11.3 Å². The number of amides is 1. The van der Waals surface area contributed by atoms with E-state index in [0.717, 1.165) is 40.6 Å². The number of thiazole rings is 1. The summed E-state index contributed by atoms with van der Waals surface area (Å²) in [5, 5.41) is 12.0. The Hall–Kier alpha value is -4.37. The second-order valence-corrected chi connectivity index (χ2v) is 11.6. The van der Waals surface area contributed by atoms with Gasteiger partial charge in [-0.15, -0.1) is 0 Å². The Morgan fingerprint density at radius 2 is 1.79 bits per heavy atom. The lowest BCUT2D eigenvalue weighted by Gasteiger charge is -2.23. The fourth-order valence-electron chi connectivity index (χ4n) is 5.44. The minimum Gasteiger partial charge on any atom is -0.507 e. The lowest BCUT2D eigenvalue weighted by Crippen LogP contribution is -2.29. The molecule has 0 unspecified atom stereocenters. The second kappa shape index (κ2) is 11.5. The average Bonchev–Trinajstić information content (AvgIpc) is 3.53. The van der Waals surface area contributed by atoms with E-state index in [1.165, 1.54) is 16.2 Å². The summed E-state index contributed by atoms with van der Waals surface area (Å²) in [6.45, 7) is 7.56. The minimum atomic E-state index is -0.894. The quantitative estimate of drug-likeness (QED) is 0.104. The zero-order valence-electron chi connectivity index (χ0n) is 23.8. The zero-order chi connectivity index (χ0) is 29.4. The van der Waals surface area contributed by atoms with Crippen molar-refractivity contribution in [2.75, 3.05) is 24.7 Å². The van der Waals surface area contributed by atoms with Crippen molar-refractivity contribution in [3.05, 3.63) is 82.4 Å². The molecule has 2 aliphatic rings. The number of Topliss-reactive ketones (excluding diaryl/α,β-unsaturated/α-hetero) is 1. The summed E-state index contributed by atoms with van der Waals surface area (Å²) >= 11 is 1.35. The predicted octanol–water partition coefficient (Wildman–Crippen LogP) is 6.88. The zero-order valence-corrected chi connectivity index (χ0v) is 24.6. The molecule has 1 aromatic heterocycles. The van der Waals surface area contributed by atoms with Crippen LogP contribution in [0.2, 0.25) is 0 Å². The van der Waals surface area contributed by atoms with Crippen molar-refractivity contribution in [3.8, 4) is 17.2 Å². The topological polar surface area (TPSA) is 98.2 Å². The Kier molecular flexibility index (Phi) is 7.60. The molecule has 1 amide bonds. The van der Waals surface area contributed by atoms with Crippen molar-refractivity contribution >= 4 is 44.1 Å². The number of aliphatic hydroxyl groups excluding tert-OH is 1. The summed E-state index contributed by atoms with van der Waals surface area (Å²) in [5.74, 6) is -0.0791. The van der Waals surface area contributed by atoms with Gasteiger partial charge in [0, 0.05) is 5.56 Å². The number of ketones is 1. The smallest absolute Gasteiger partial charge is 0.301 e. The standard InChI is InChI=1S/C33H32N2O6S/c1-4-5-6-13-39-23-10-7-21(8-11-23)29-27(30(36)22-9-12-24-25(18-22)41-15-14-40-24)31(37)32(38)35(29)33-34-28-20(3)16-19(2)17-26(28)42-33/h7-12,16-18,29,36H,4-6,13-15H2,1-3H3/t29-/m0/s1. The number of anilines is 1. The van der Waals surface area contributed by atoms with Crippen molar-refractivity contribution in [1.29, 1.82) is 0 Å². The van der Waals surface area contributed by atoms with Crippen molar-refractivity contribution in [1.82, 2.24) is 4.98 Å². The Balaban J connectivity index is 1.46. The number of aliphatic hydroxyl groups is 1. The molecule has 0 spiro atoms. The van der Waals surface area contributed by atoms with Gasteiger partial charge in [0.1, 0.15) is 24.7 Å². The first-order chi connectivity index (χ1) is 20.4. The summed E-state index contributed by atoms with van der Waals surface area (Å²) < 4.78 is 18.1. The van der Waals surface area contributed by atoms with Gasteiger partial charge < -0.3 is 19.3 Å². The number of benzene rings is 3. The molecule has 3 heterocycles. The summed E-state index contributed by atoms with van der Waals surface area (Å²) in [4.78, 5) is 33.6. The first kappa shape index (κ1) is 27.8. The van der Waals surface area contributed by atoms with E-state index in [1.54, 1.807) is 18.2 Å². The van der Waals surface area contributed by atoms with Gasteiger partial charge in [0.05, 0.1) is 28.4 Å². The Morgan fingerprint density at radius 1 is 1.02 bits per heavy atom.